The van der Waals surface area contributed by atoms with Crippen LogP contribution in [0.15, 0.2) is 91.6 Å². The third-order valence-electron chi connectivity index (χ3n) is 3.99. The van der Waals surface area contributed by atoms with Gasteiger partial charge < -0.3 is 0 Å². The van der Waals surface area contributed by atoms with E-state index in [2.05, 4.69) is 35.2 Å². The predicted molar refractivity (Wildman–Crippen MR) is 95.2 cm³/mol. The molecule has 4 aromatic rings. The first kappa shape index (κ1) is 13.5. The lowest BCUT2D eigenvalue weighted by molar-refractivity contribution is 1.16. The van der Waals surface area contributed by atoms with E-state index >= 15 is 0 Å². The third-order valence-corrected chi connectivity index (χ3v) is 3.99. The molecule has 0 unspecified atom stereocenters. The van der Waals surface area contributed by atoms with Crippen LogP contribution in [0.3, 0.4) is 0 Å². The van der Waals surface area contributed by atoms with Crippen LogP contribution in [0, 0.1) is 0 Å². The van der Waals surface area contributed by atoms with Crippen LogP contribution in [0.25, 0.3) is 22.5 Å². The van der Waals surface area contributed by atoms with E-state index in [0.29, 0.717) is 0 Å². The van der Waals surface area contributed by atoms with Crippen molar-refractivity contribution < 1.29 is 0 Å². The SMILES string of the molecule is C=C(c1ccccc1)c1c(-c2ccccc2)nc2ccccn12. The monoisotopic (exact) mass is 296 g/mol. The van der Waals surface area contributed by atoms with Gasteiger partial charge >= 0.3 is 0 Å². The quantitative estimate of drug-likeness (QED) is 0.516. The van der Waals surface area contributed by atoms with Crippen LogP contribution in [0.2, 0.25) is 0 Å². The second-order valence-electron chi connectivity index (χ2n) is 5.45. The van der Waals surface area contributed by atoms with Crippen molar-refractivity contribution in [2.75, 3.05) is 0 Å². The number of hydrogen-bond donors (Lipinski definition) is 0. The van der Waals surface area contributed by atoms with Gasteiger partial charge in [0.05, 0.1) is 11.4 Å². The Kier molecular flexibility index (Phi) is 3.28. The topological polar surface area (TPSA) is 17.3 Å². The molecule has 2 heterocycles. The van der Waals surface area contributed by atoms with E-state index in [1.165, 1.54) is 0 Å². The third kappa shape index (κ3) is 2.34. The Labute approximate surface area is 135 Å². The molecule has 0 fully saturated rings. The van der Waals surface area contributed by atoms with E-state index in [4.69, 9.17) is 4.98 Å². The summed E-state index contributed by atoms with van der Waals surface area (Å²) in [5.41, 5.74) is 6.11. The molecule has 0 spiro atoms. The standard InChI is InChI=1S/C21H16N2/c1-16(17-10-4-2-5-11-17)21-20(18-12-6-3-7-13-18)22-19-14-8-9-15-23(19)21/h2-15H,1H2. The molecular formula is C21H16N2. The lowest BCUT2D eigenvalue weighted by Gasteiger charge is -2.09. The molecule has 4 rings (SSSR count). The van der Waals surface area contributed by atoms with E-state index in [9.17, 15) is 0 Å². The molecule has 2 aromatic heterocycles. The second kappa shape index (κ2) is 5.58. The van der Waals surface area contributed by atoms with Crippen molar-refractivity contribution in [3.8, 4) is 11.3 Å². The van der Waals surface area contributed by atoms with Crippen LogP contribution in [-0.2, 0) is 0 Å². The lowest BCUT2D eigenvalue weighted by Crippen LogP contribution is -1.94. The smallest absolute Gasteiger partial charge is 0.137 e. The Hall–Kier alpha value is -3.13. The molecule has 2 heteroatoms. The van der Waals surface area contributed by atoms with Crippen LogP contribution >= 0.6 is 0 Å². The van der Waals surface area contributed by atoms with Gasteiger partial charge in [-0.1, -0.05) is 73.3 Å². The van der Waals surface area contributed by atoms with Gasteiger partial charge in [-0.05, 0) is 17.7 Å². The molecule has 2 nitrogen and oxygen atoms in total. The highest BCUT2D eigenvalue weighted by atomic mass is 15.0. The van der Waals surface area contributed by atoms with E-state index in [0.717, 1.165) is 33.7 Å². The molecule has 0 atom stereocenters. The number of nitrogens with zero attached hydrogens (tertiary/aromatic N) is 2. The van der Waals surface area contributed by atoms with Crippen LogP contribution in [0.1, 0.15) is 11.3 Å². The number of aromatic nitrogens is 2. The Bertz CT molecular complexity index is 967. The van der Waals surface area contributed by atoms with Crippen molar-refractivity contribution in [3.63, 3.8) is 0 Å². The minimum Gasteiger partial charge on any atom is -0.299 e. The number of fused-ring (bicyclic) bond motifs is 1. The summed E-state index contributed by atoms with van der Waals surface area (Å²) in [6.07, 6.45) is 2.04. The fraction of sp³-hybridized carbons (Fsp3) is 0. The largest absolute Gasteiger partial charge is 0.299 e. The maximum atomic E-state index is 4.83. The van der Waals surface area contributed by atoms with Gasteiger partial charge in [0.25, 0.3) is 0 Å². The van der Waals surface area contributed by atoms with Crippen LogP contribution in [0.4, 0.5) is 0 Å². The van der Waals surface area contributed by atoms with Crippen molar-refractivity contribution >= 4 is 11.2 Å². The number of pyridine rings is 1. The zero-order valence-corrected chi connectivity index (χ0v) is 12.7. The first-order valence-corrected chi connectivity index (χ1v) is 7.62. The first-order valence-electron chi connectivity index (χ1n) is 7.62. The molecule has 0 aliphatic heterocycles. The van der Waals surface area contributed by atoms with Crippen molar-refractivity contribution in [2.24, 2.45) is 0 Å². The molecule has 23 heavy (non-hydrogen) atoms. The van der Waals surface area contributed by atoms with Crippen molar-refractivity contribution in [1.29, 1.82) is 0 Å². The zero-order valence-electron chi connectivity index (χ0n) is 12.7. The molecule has 110 valence electrons. The summed E-state index contributed by atoms with van der Waals surface area (Å²) in [6, 6.07) is 26.6. The highest BCUT2D eigenvalue weighted by Crippen LogP contribution is 2.32. The summed E-state index contributed by atoms with van der Waals surface area (Å²) in [5, 5.41) is 0. The van der Waals surface area contributed by atoms with Crippen LogP contribution < -0.4 is 0 Å². The minimum atomic E-state index is 0.929. The van der Waals surface area contributed by atoms with Crippen LogP contribution in [0.5, 0.6) is 0 Å². The first-order chi connectivity index (χ1) is 11.3. The summed E-state index contributed by atoms with van der Waals surface area (Å²) in [5.74, 6) is 0. The normalized spacial score (nSPS) is 10.8. The lowest BCUT2D eigenvalue weighted by atomic mass is 10.00. The van der Waals surface area contributed by atoms with E-state index < -0.39 is 0 Å². The Morgan fingerprint density at radius 3 is 2.17 bits per heavy atom. The van der Waals surface area contributed by atoms with Gasteiger partial charge in [-0.3, -0.25) is 4.40 Å². The molecule has 0 aliphatic rings. The molecule has 0 N–H and O–H groups in total. The van der Waals surface area contributed by atoms with Crippen molar-refractivity contribution in [1.82, 2.24) is 9.38 Å². The van der Waals surface area contributed by atoms with Gasteiger partial charge in [-0.2, -0.15) is 0 Å². The van der Waals surface area contributed by atoms with E-state index in [1.54, 1.807) is 0 Å². The Balaban J connectivity index is 1.99. The number of rotatable bonds is 3. The number of hydrogen-bond acceptors (Lipinski definition) is 1. The van der Waals surface area contributed by atoms with Crippen molar-refractivity contribution in [3.05, 3.63) is 103 Å². The minimum absolute atomic E-state index is 0.929. The molecule has 0 saturated heterocycles. The Morgan fingerprint density at radius 1 is 0.783 bits per heavy atom. The average molecular weight is 296 g/mol. The molecular weight excluding hydrogens is 280 g/mol. The fourth-order valence-corrected chi connectivity index (χ4v) is 2.86. The summed E-state index contributed by atoms with van der Waals surface area (Å²) < 4.78 is 2.11. The summed E-state index contributed by atoms with van der Waals surface area (Å²) >= 11 is 0. The van der Waals surface area contributed by atoms with Gasteiger partial charge in [0.15, 0.2) is 0 Å². The zero-order chi connectivity index (χ0) is 15.6. The summed E-state index contributed by atoms with van der Waals surface area (Å²) in [6.45, 7) is 4.34. The Morgan fingerprint density at radius 2 is 1.43 bits per heavy atom. The fourth-order valence-electron chi connectivity index (χ4n) is 2.86. The number of imidazole rings is 1. The summed E-state index contributed by atoms with van der Waals surface area (Å²) in [7, 11) is 0. The van der Waals surface area contributed by atoms with Gasteiger partial charge in [0.2, 0.25) is 0 Å². The molecule has 2 aromatic carbocycles. The molecule has 0 bridgehead atoms. The van der Waals surface area contributed by atoms with Crippen molar-refractivity contribution in [2.45, 2.75) is 0 Å². The maximum absolute atomic E-state index is 4.83. The van der Waals surface area contributed by atoms with Gasteiger partial charge in [-0.25, -0.2) is 4.98 Å². The highest BCUT2D eigenvalue weighted by molar-refractivity contribution is 5.86. The van der Waals surface area contributed by atoms with Crippen LogP contribution in [-0.4, -0.2) is 9.38 Å². The van der Waals surface area contributed by atoms with Gasteiger partial charge in [0, 0.05) is 17.3 Å². The second-order valence-corrected chi connectivity index (χ2v) is 5.45. The average Bonchev–Trinajstić information content (AvgIpc) is 3.02. The maximum Gasteiger partial charge on any atom is 0.137 e. The molecule has 0 amide bonds. The van der Waals surface area contributed by atoms with Gasteiger partial charge in [0.1, 0.15) is 5.65 Å². The summed E-state index contributed by atoms with van der Waals surface area (Å²) in [4.78, 5) is 4.83. The highest BCUT2D eigenvalue weighted by Gasteiger charge is 2.17. The predicted octanol–water partition coefficient (Wildman–Crippen LogP) is 5.06. The molecule has 0 aliphatic carbocycles. The molecule has 0 saturated carbocycles. The number of benzene rings is 2. The van der Waals surface area contributed by atoms with E-state index in [-0.39, 0.29) is 0 Å². The molecule has 0 radical (unpaired) electrons. The van der Waals surface area contributed by atoms with Gasteiger partial charge in [-0.15, -0.1) is 0 Å². The van der Waals surface area contributed by atoms with E-state index in [1.807, 2.05) is 60.8 Å².